The Morgan fingerprint density at radius 2 is 1.71 bits per heavy atom. The van der Waals surface area contributed by atoms with Crippen LogP contribution >= 0.6 is 0 Å². The molecule has 2 N–H and O–H groups in total. The van der Waals surface area contributed by atoms with Crippen LogP contribution in [-0.4, -0.2) is 101 Å². The van der Waals surface area contributed by atoms with Crippen molar-refractivity contribution in [2.45, 2.75) is 156 Å². The van der Waals surface area contributed by atoms with E-state index in [1.165, 1.54) is 37.5 Å². The molecule has 0 aromatic heterocycles. The van der Waals surface area contributed by atoms with E-state index in [0.29, 0.717) is 43.9 Å². The van der Waals surface area contributed by atoms with Crippen LogP contribution < -0.4 is 0 Å². The normalized spacial score (nSPS) is 48.6. The van der Waals surface area contributed by atoms with E-state index in [-0.39, 0.29) is 81.9 Å². The van der Waals surface area contributed by atoms with Crippen LogP contribution in [0.15, 0.2) is 0 Å². The minimum atomic E-state index is -1.02. The van der Waals surface area contributed by atoms with E-state index in [4.69, 9.17) is 14.2 Å². The molecule has 2 spiro atoms. The molecule has 2 amide bonds. The van der Waals surface area contributed by atoms with Crippen molar-refractivity contribution in [3.05, 3.63) is 0 Å². The number of aliphatic hydroxyl groups is 1. The van der Waals surface area contributed by atoms with Gasteiger partial charge in [-0.3, -0.25) is 9.59 Å². The molecule has 0 radical (unpaired) electrons. The summed E-state index contributed by atoms with van der Waals surface area (Å²) in [5.41, 5.74) is 0.0944. The number of amides is 2. The largest absolute Gasteiger partial charge is 0.480 e. The van der Waals surface area contributed by atoms with Gasteiger partial charge in [0, 0.05) is 31.8 Å². The van der Waals surface area contributed by atoms with Crippen LogP contribution in [0.25, 0.3) is 0 Å². The van der Waals surface area contributed by atoms with Gasteiger partial charge in [0.05, 0.1) is 37.6 Å². The lowest BCUT2D eigenvalue weighted by atomic mass is 9.41. The first-order valence-corrected chi connectivity index (χ1v) is 20.4. The number of hydrogen-bond donors (Lipinski definition) is 2. The summed E-state index contributed by atoms with van der Waals surface area (Å²) < 4.78 is 19.8. The molecule has 6 aliphatic carbocycles. The number of rotatable bonds is 8. The van der Waals surface area contributed by atoms with E-state index >= 15 is 0 Å². The predicted octanol–water partition coefficient (Wildman–Crippen LogP) is 5.49. The summed E-state index contributed by atoms with van der Waals surface area (Å²) in [4.78, 5) is 40.6. The van der Waals surface area contributed by atoms with Crippen molar-refractivity contribution < 1.29 is 38.8 Å². The Balaban J connectivity index is 0.989. The molecule has 2 saturated heterocycles. The second-order valence-corrected chi connectivity index (χ2v) is 19.7. The van der Waals surface area contributed by atoms with Gasteiger partial charge in [-0.25, -0.2) is 4.79 Å². The van der Waals surface area contributed by atoms with Gasteiger partial charge in [0.2, 0.25) is 11.8 Å². The van der Waals surface area contributed by atoms with Gasteiger partial charge in [0.25, 0.3) is 0 Å². The van der Waals surface area contributed by atoms with Crippen molar-refractivity contribution >= 4 is 17.8 Å². The number of nitrogens with zero attached hydrogens (tertiary/aromatic N) is 2. The highest BCUT2D eigenvalue weighted by Crippen LogP contribution is 2.89. The summed E-state index contributed by atoms with van der Waals surface area (Å²) in [7, 11) is 0. The highest BCUT2D eigenvalue weighted by Gasteiger charge is 2.84. The molecule has 8 aliphatic rings. The molecule has 51 heavy (non-hydrogen) atoms. The zero-order valence-electron chi connectivity index (χ0n) is 32.2. The molecule has 8 rings (SSSR count). The number of aliphatic carboxylic acids is 1. The highest BCUT2D eigenvalue weighted by atomic mass is 16.7. The fourth-order valence-electron chi connectivity index (χ4n) is 14.5. The monoisotopic (exact) mass is 712 g/mol. The van der Waals surface area contributed by atoms with Crippen LogP contribution in [0.3, 0.4) is 0 Å². The fraction of sp³-hybridized carbons (Fsp3) is 0.927. The van der Waals surface area contributed by atoms with Crippen LogP contribution in [0.2, 0.25) is 0 Å². The molecule has 10 heteroatoms. The van der Waals surface area contributed by atoms with Crippen molar-refractivity contribution in [2.24, 2.45) is 56.7 Å². The fourth-order valence-corrected chi connectivity index (χ4v) is 14.5. The first kappa shape index (κ1) is 36.2. The third-order valence-electron chi connectivity index (χ3n) is 17.3. The SMILES string of the molecule is CC(=O)N(CC1CC(C)C2C(O1)C(O)C1(C)C3CCC4C(C)(C)C(OC5CN(C(=O)CC6CC6)CCO5)CCC45CC35CCC21C)C(C)C(=O)O. The molecule has 2 aliphatic heterocycles. The van der Waals surface area contributed by atoms with Gasteiger partial charge >= 0.3 is 5.97 Å². The Morgan fingerprint density at radius 1 is 1.00 bits per heavy atom. The number of carboxylic acids is 1. The molecule has 0 aromatic carbocycles. The van der Waals surface area contributed by atoms with Gasteiger partial charge in [-0.05, 0) is 122 Å². The molecule has 14 unspecified atom stereocenters. The van der Waals surface area contributed by atoms with Gasteiger partial charge < -0.3 is 34.2 Å². The lowest BCUT2D eigenvalue weighted by molar-refractivity contribution is -0.248. The Labute approximate surface area is 304 Å². The van der Waals surface area contributed by atoms with Crippen molar-refractivity contribution in [3.8, 4) is 0 Å². The minimum Gasteiger partial charge on any atom is -0.480 e. The van der Waals surface area contributed by atoms with Crippen LogP contribution in [0, 0.1) is 56.7 Å². The first-order valence-electron chi connectivity index (χ1n) is 20.4. The first-order chi connectivity index (χ1) is 24.0. The van der Waals surface area contributed by atoms with Gasteiger partial charge in [0.1, 0.15) is 6.04 Å². The molecule has 6 saturated carbocycles. The van der Waals surface area contributed by atoms with E-state index in [9.17, 15) is 24.6 Å². The quantitative estimate of drug-likeness (QED) is 0.339. The van der Waals surface area contributed by atoms with E-state index in [2.05, 4.69) is 34.6 Å². The second kappa shape index (κ2) is 12.1. The van der Waals surface area contributed by atoms with E-state index in [1.807, 2.05) is 4.90 Å². The number of hydrogen-bond acceptors (Lipinski definition) is 7. The summed E-state index contributed by atoms with van der Waals surface area (Å²) in [5, 5.41) is 22.2. The number of carboxylic acid groups (broad SMARTS) is 1. The average Bonchev–Trinajstić information content (AvgIpc) is 4.00. The number of aliphatic hydroxyl groups excluding tert-OH is 1. The maximum atomic E-state index is 12.9. The second-order valence-electron chi connectivity index (χ2n) is 19.7. The number of ether oxygens (including phenoxy) is 3. The third kappa shape index (κ3) is 5.17. The topological polar surface area (TPSA) is 126 Å². The van der Waals surface area contributed by atoms with E-state index in [1.54, 1.807) is 6.92 Å². The molecule has 14 atom stereocenters. The number of carbonyl (C=O) groups excluding carboxylic acids is 2. The van der Waals surface area contributed by atoms with Crippen molar-refractivity contribution in [1.82, 2.24) is 9.80 Å². The van der Waals surface area contributed by atoms with Crippen LogP contribution in [-0.2, 0) is 28.6 Å². The molecule has 0 bridgehead atoms. The zero-order chi connectivity index (χ0) is 36.5. The van der Waals surface area contributed by atoms with Gasteiger partial charge in [-0.1, -0.05) is 34.6 Å². The number of fused-ring (bicyclic) bond motifs is 4. The molecule has 2 heterocycles. The van der Waals surface area contributed by atoms with Crippen molar-refractivity contribution in [2.75, 3.05) is 26.2 Å². The van der Waals surface area contributed by atoms with Gasteiger partial charge in [-0.15, -0.1) is 0 Å². The zero-order valence-corrected chi connectivity index (χ0v) is 32.2. The molecular formula is C41H64N2O8. The summed E-state index contributed by atoms with van der Waals surface area (Å²) in [6, 6.07) is -0.929. The Bertz CT molecular complexity index is 1430. The van der Waals surface area contributed by atoms with E-state index in [0.717, 1.165) is 38.5 Å². The Kier molecular flexibility index (Phi) is 8.62. The summed E-state index contributed by atoms with van der Waals surface area (Å²) in [6.45, 7) is 16.9. The van der Waals surface area contributed by atoms with E-state index < -0.39 is 18.1 Å². The smallest absolute Gasteiger partial charge is 0.326 e. The molecule has 0 aromatic rings. The van der Waals surface area contributed by atoms with Gasteiger partial charge in [-0.2, -0.15) is 0 Å². The van der Waals surface area contributed by atoms with Crippen LogP contribution in [0.5, 0.6) is 0 Å². The molecule has 10 nitrogen and oxygen atoms in total. The predicted molar refractivity (Wildman–Crippen MR) is 189 cm³/mol. The van der Waals surface area contributed by atoms with Crippen molar-refractivity contribution in [3.63, 3.8) is 0 Å². The third-order valence-corrected chi connectivity index (χ3v) is 17.3. The lowest BCUT2D eigenvalue weighted by Crippen LogP contribution is -2.60. The summed E-state index contributed by atoms with van der Waals surface area (Å²) in [6.07, 6.45) is 10.2. The maximum absolute atomic E-state index is 12.9. The number of morpholine rings is 1. The maximum Gasteiger partial charge on any atom is 0.326 e. The Hall–Kier alpha value is -1.75. The summed E-state index contributed by atoms with van der Waals surface area (Å²) in [5.74, 6) is 0.998. The van der Waals surface area contributed by atoms with Gasteiger partial charge in [0.15, 0.2) is 6.29 Å². The van der Waals surface area contributed by atoms with Crippen LogP contribution in [0.4, 0.5) is 0 Å². The lowest BCUT2D eigenvalue weighted by Gasteiger charge is -2.64. The highest BCUT2D eigenvalue weighted by molar-refractivity contribution is 5.82. The van der Waals surface area contributed by atoms with Crippen LogP contribution in [0.1, 0.15) is 119 Å². The summed E-state index contributed by atoms with van der Waals surface area (Å²) >= 11 is 0. The molecule has 8 fully saturated rings. The number of carbonyl (C=O) groups is 3. The van der Waals surface area contributed by atoms with Crippen molar-refractivity contribution in [1.29, 1.82) is 0 Å². The Morgan fingerprint density at radius 3 is 2.39 bits per heavy atom. The average molecular weight is 713 g/mol. The molecule has 286 valence electrons. The standard InChI is InChI=1S/C41H64N2O8/c1-23-18-27(20-43(25(3)44)24(2)36(47)48)50-34-33(23)38(6)14-15-41-22-40(41)13-12-30(37(4,5)28(40)10-11-29(41)39(38,7)35(34)46)51-32-21-42(16-17-49-32)31(45)19-26-8-9-26/h23-24,26-30,32-35,46H,8-22H2,1-7H3,(H,47,48). The minimum absolute atomic E-state index is 0.0269. The molecular weight excluding hydrogens is 648 g/mol.